The summed E-state index contributed by atoms with van der Waals surface area (Å²) in [4.78, 5) is 22.4. The largest absolute Gasteiger partial charge is 0.381 e. The summed E-state index contributed by atoms with van der Waals surface area (Å²) >= 11 is 0. The molecule has 2 unspecified atom stereocenters. The summed E-state index contributed by atoms with van der Waals surface area (Å²) in [6, 6.07) is -0.0871. The van der Waals surface area contributed by atoms with Crippen molar-refractivity contribution in [2.75, 3.05) is 13.2 Å². The predicted molar refractivity (Wildman–Crippen MR) is 57.7 cm³/mol. The number of carbonyl (C=O) groups is 2. The summed E-state index contributed by atoms with van der Waals surface area (Å²) in [5.41, 5.74) is 0. The highest BCUT2D eigenvalue weighted by Crippen LogP contribution is 2.19. The molecule has 2 fully saturated rings. The van der Waals surface area contributed by atoms with Crippen LogP contribution in [0.3, 0.4) is 0 Å². The Kier molecular flexibility index (Phi) is 3.56. The molecule has 5 nitrogen and oxygen atoms in total. The van der Waals surface area contributed by atoms with Crippen LogP contribution >= 0.6 is 0 Å². The second-order valence-corrected chi connectivity index (χ2v) is 4.57. The highest BCUT2D eigenvalue weighted by molar-refractivity contribution is 6.05. The minimum Gasteiger partial charge on any atom is -0.381 e. The number of amides is 2. The zero-order valence-corrected chi connectivity index (χ0v) is 9.49. The quantitative estimate of drug-likeness (QED) is 0.654. The Bertz CT molecular complexity index is 287. The summed E-state index contributed by atoms with van der Waals surface area (Å²) in [5, 5.41) is 5.55. The normalized spacial score (nSPS) is 29.2. The van der Waals surface area contributed by atoms with Crippen LogP contribution in [0.1, 0.15) is 26.2 Å². The van der Waals surface area contributed by atoms with E-state index in [9.17, 15) is 9.59 Å². The van der Waals surface area contributed by atoms with Crippen molar-refractivity contribution in [3.8, 4) is 0 Å². The number of ether oxygens (including phenoxy) is 1. The van der Waals surface area contributed by atoms with Crippen LogP contribution in [0, 0.1) is 5.92 Å². The van der Waals surface area contributed by atoms with Crippen LogP contribution in [0.15, 0.2) is 0 Å². The van der Waals surface area contributed by atoms with Gasteiger partial charge in [0.25, 0.3) is 0 Å². The number of hydrogen-bond acceptors (Lipinski definition) is 4. The van der Waals surface area contributed by atoms with Gasteiger partial charge in [-0.25, -0.2) is 0 Å². The highest BCUT2D eigenvalue weighted by atomic mass is 16.5. The van der Waals surface area contributed by atoms with E-state index in [1.54, 1.807) is 0 Å². The zero-order valence-electron chi connectivity index (χ0n) is 9.49. The zero-order chi connectivity index (χ0) is 11.5. The summed E-state index contributed by atoms with van der Waals surface area (Å²) in [6.45, 7) is 3.67. The van der Waals surface area contributed by atoms with Crippen molar-refractivity contribution in [2.24, 2.45) is 5.92 Å². The lowest BCUT2D eigenvalue weighted by atomic mass is 9.92. The lowest BCUT2D eigenvalue weighted by molar-refractivity contribution is -0.125. The van der Waals surface area contributed by atoms with E-state index in [-0.39, 0.29) is 30.3 Å². The van der Waals surface area contributed by atoms with Crippen molar-refractivity contribution in [1.82, 2.24) is 10.6 Å². The topological polar surface area (TPSA) is 67.4 Å². The molecular weight excluding hydrogens is 208 g/mol. The Morgan fingerprint density at radius 1 is 1.38 bits per heavy atom. The van der Waals surface area contributed by atoms with Gasteiger partial charge in [0.05, 0.1) is 12.5 Å². The van der Waals surface area contributed by atoms with Gasteiger partial charge in [-0.1, -0.05) is 0 Å². The second kappa shape index (κ2) is 4.93. The van der Waals surface area contributed by atoms with Crippen molar-refractivity contribution >= 4 is 11.8 Å². The Morgan fingerprint density at radius 3 is 2.62 bits per heavy atom. The van der Waals surface area contributed by atoms with Crippen molar-refractivity contribution in [1.29, 1.82) is 0 Å². The third-order valence-corrected chi connectivity index (χ3v) is 3.41. The lowest BCUT2D eigenvalue weighted by Crippen LogP contribution is -2.45. The van der Waals surface area contributed by atoms with E-state index in [4.69, 9.17) is 4.74 Å². The van der Waals surface area contributed by atoms with Gasteiger partial charge in [-0.15, -0.1) is 0 Å². The molecule has 0 bridgehead atoms. The fraction of sp³-hybridized carbons (Fsp3) is 0.818. The minimum absolute atomic E-state index is 0.179. The molecule has 2 rings (SSSR count). The van der Waals surface area contributed by atoms with Crippen molar-refractivity contribution < 1.29 is 14.3 Å². The number of nitrogens with one attached hydrogen (secondary N) is 2. The van der Waals surface area contributed by atoms with Crippen LogP contribution in [0.4, 0.5) is 0 Å². The first-order valence-electron chi connectivity index (χ1n) is 5.84. The van der Waals surface area contributed by atoms with Gasteiger partial charge in [-0.2, -0.15) is 0 Å². The van der Waals surface area contributed by atoms with Gasteiger partial charge in [0.15, 0.2) is 0 Å². The average Bonchev–Trinajstić information content (AvgIpc) is 2.59. The van der Waals surface area contributed by atoms with Crippen LogP contribution in [0.25, 0.3) is 0 Å². The van der Waals surface area contributed by atoms with E-state index in [0.29, 0.717) is 5.92 Å². The maximum atomic E-state index is 11.4. The third kappa shape index (κ3) is 2.59. The second-order valence-electron chi connectivity index (χ2n) is 4.57. The average molecular weight is 226 g/mol. The molecule has 0 saturated carbocycles. The molecule has 0 aromatic rings. The van der Waals surface area contributed by atoms with Gasteiger partial charge in [-0.3, -0.25) is 14.9 Å². The molecule has 16 heavy (non-hydrogen) atoms. The maximum Gasteiger partial charge on any atom is 0.244 e. The molecule has 0 aromatic heterocycles. The number of imide groups is 1. The molecule has 2 N–H and O–H groups in total. The number of rotatable bonds is 3. The lowest BCUT2D eigenvalue weighted by Gasteiger charge is -2.29. The van der Waals surface area contributed by atoms with E-state index >= 15 is 0 Å². The van der Waals surface area contributed by atoms with Gasteiger partial charge < -0.3 is 10.1 Å². The van der Waals surface area contributed by atoms with E-state index in [1.807, 2.05) is 0 Å². The smallest absolute Gasteiger partial charge is 0.244 e. The molecular formula is C11H18N2O3. The third-order valence-electron chi connectivity index (χ3n) is 3.41. The SMILES string of the molecule is CC(NC1CC(=O)NC1=O)C1CCOCC1. The molecule has 2 heterocycles. The summed E-state index contributed by atoms with van der Waals surface area (Å²) < 4.78 is 5.30. The van der Waals surface area contributed by atoms with E-state index in [1.165, 1.54) is 0 Å². The van der Waals surface area contributed by atoms with Crippen LogP contribution in [-0.4, -0.2) is 37.1 Å². The standard InChI is InChI=1S/C11H18N2O3/c1-7(8-2-4-16-5-3-8)12-9-6-10(14)13-11(9)15/h7-9,12H,2-6H2,1H3,(H,13,14,15). The van der Waals surface area contributed by atoms with Crippen molar-refractivity contribution in [3.05, 3.63) is 0 Å². The molecule has 5 heteroatoms. The Hall–Kier alpha value is -0.940. The molecule has 90 valence electrons. The minimum atomic E-state index is -0.342. The summed E-state index contributed by atoms with van der Waals surface area (Å²) in [7, 11) is 0. The van der Waals surface area contributed by atoms with Crippen LogP contribution < -0.4 is 10.6 Å². The molecule has 2 saturated heterocycles. The number of hydrogen-bond donors (Lipinski definition) is 2. The highest BCUT2D eigenvalue weighted by Gasteiger charge is 2.33. The van der Waals surface area contributed by atoms with Crippen LogP contribution in [0.5, 0.6) is 0 Å². The first kappa shape index (κ1) is 11.5. The molecule has 0 spiro atoms. The maximum absolute atomic E-state index is 11.4. The van der Waals surface area contributed by atoms with Gasteiger partial charge in [0.1, 0.15) is 0 Å². The fourth-order valence-electron chi connectivity index (χ4n) is 2.36. The molecule has 0 radical (unpaired) electrons. The fourth-order valence-corrected chi connectivity index (χ4v) is 2.36. The summed E-state index contributed by atoms with van der Waals surface area (Å²) in [6.07, 6.45) is 2.32. The molecule has 2 amide bonds. The van der Waals surface area contributed by atoms with Crippen LogP contribution in [0.2, 0.25) is 0 Å². The molecule has 2 atom stereocenters. The van der Waals surface area contributed by atoms with Gasteiger partial charge in [0, 0.05) is 19.3 Å². The van der Waals surface area contributed by atoms with Crippen LogP contribution in [-0.2, 0) is 14.3 Å². The van der Waals surface area contributed by atoms with Gasteiger partial charge >= 0.3 is 0 Å². The van der Waals surface area contributed by atoms with Crippen molar-refractivity contribution in [3.63, 3.8) is 0 Å². The number of carbonyl (C=O) groups excluding carboxylic acids is 2. The molecule has 2 aliphatic rings. The van der Waals surface area contributed by atoms with E-state index < -0.39 is 0 Å². The van der Waals surface area contributed by atoms with E-state index in [0.717, 1.165) is 26.1 Å². The molecule has 0 aromatic carbocycles. The van der Waals surface area contributed by atoms with E-state index in [2.05, 4.69) is 17.6 Å². The molecule has 2 aliphatic heterocycles. The van der Waals surface area contributed by atoms with Crippen molar-refractivity contribution in [2.45, 2.75) is 38.3 Å². The van der Waals surface area contributed by atoms with Gasteiger partial charge in [-0.05, 0) is 25.7 Å². The monoisotopic (exact) mass is 226 g/mol. The Balaban J connectivity index is 1.84. The first-order valence-corrected chi connectivity index (χ1v) is 5.84. The predicted octanol–water partition coefficient (Wildman–Crippen LogP) is -0.194. The van der Waals surface area contributed by atoms with Gasteiger partial charge in [0.2, 0.25) is 11.8 Å². The Labute approximate surface area is 94.9 Å². The summed E-state index contributed by atoms with van der Waals surface area (Å²) in [5.74, 6) is 0.169. The Morgan fingerprint density at radius 2 is 2.06 bits per heavy atom. The first-order chi connectivity index (χ1) is 7.66. The molecule has 0 aliphatic carbocycles.